The molecule has 3 atom stereocenters. The van der Waals surface area contributed by atoms with Crippen LogP contribution in [0.25, 0.3) is 0 Å². The van der Waals surface area contributed by atoms with Gasteiger partial charge in [-0.2, -0.15) is 0 Å². The van der Waals surface area contributed by atoms with Crippen LogP contribution in [0.3, 0.4) is 0 Å². The standard InChI is InChI=1S/C19H21N3O4/c23-18(14-4-6-16(7-5-14)22(25)26)12-20-9-13-8-15(11-20)17-2-1-3-19(24)21(17)10-13/h1-7,13,15,18,23H,8-12H2/t13-,15?,18?/m1/s1. The van der Waals surface area contributed by atoms with Gasteiger partial charge in [0.15, 0.2) is 0 Å². The molecule has 0 amide bonds. The number of likely N-dealkylation sites (tertiary alicyclic amines) is 1. The van der Waals surface area contributed by atoms with Crippen LogP contribution in [0.2, 0.25) is 0 Å². The van der Waals surface area contributed by atoms with Crippen LogP contribution in [0.5, 0.6) is 0 Å². The lowest BCUT2D eigenvalue weighted by molar-refractivity contribution is -0.384. The Hall–Kier alpha value is -2.51. The third kappa shape index (κ3) is 3.15. The normalized spacial score (nSPS) is 23.3. The number of rotatable bonds is 4. The van der Waals surface area contributed by atoms with Crippen molar-refractivity contribution in [3.05, 3.63) is 74.2 Å². The predicted octanol–water partition coefficient (Wildman–Crippen LogP) is 1.91. The van der Waals surface area contributed by atoms with E-state index in [9.17, 15) is 20.0 Å². The largest absolute Gasteiger partial charge is 0.387 e. The number of nitrogens with zero attached hydrogens (tertiary/aromatic N) is 3. The smallest absolute Gasteiger partial charge is 0.269 e. The van der Waals surface area contributed by atoms with E-state index in [4.69, 9.17) is 0 Å². The first-order chi connectivity index (χ1) is 12.5. The minimum Gasteiger partial charge on any atom is -0.387 e. The van der Waals surface area contributed by atoms with E-state index < -0.39 is 11.0 Å². The molecule has 0 spiro atoms. The number of non-ortho nitro benzene ring substituents is 1. The van der Waals surface area contributed by atoms with E-state index in [-0.39, 0.29) is 11.2 Å². The van der Waals surface area contributed by atoms with Gasteiger partial charge >= 0.3 is 0 Å². The first kappa shape index (κ1) is 16.9. The molecule has 0 radical (unpaired) electrons. The molecule has 7 nitrogen and oxygen atoms in total. The van der Waals surface area contributed by atoms with Crippen molar-refractivity contribution in [2.24, 2.45) is 5.92 Å². The molecule has 1 aromatic heterocycles. The van der Waals surface area contributed by atoms with Crippen molar-refractivity contribution >= 4 is 5.69 Å². The second kappa shape index (κ2) is 6.66. The molecule has 2 aromatic rings. The summed E-state index contributed by atoms with van der Waals surface area (Å²) in [5.41, 5.74) is 1.86. The zero-order chi connectivity index (χ0) is 18.3. The number of nitro benzene ring substituents is 1. The molecular formula is C19H21N3O4. The van der Waals surface area contributed by atoms with Crippen molar-refractivity contribution in [2.45, 2.75) is 25.0 Å². The van der Waals surface area contributed by atoms with Gasteiger partial charge in [0, 0.05) is 56.0 Å². The fraction of sp³-hybridized carbons (Fsp3) is 0.421. The molecule has 2 bridgehead atoms. The number of nitro groups is 1. The number of hydrogen-bond acceptors (Lipinski definition) is 5. The summed E-state index contributed by atoms with van der Waals surface area (Å²) in [7, 11) is 0. The van der Waals surface area contributed by atoms with Gasteiger partial charge in [-0.05, 0) is 36.1 Å². The van der Waals surface area contributed by atoms with Crippen molar-refractivity contribution in [1.29, 1.82) is 0 Å². The lowest BCUT2D eigenvalue weighted by Crippen LogP contribution is -2.48. The Bertz CT molecular complexity index is 877. The fourth-order valence-corrected chi connectivity index (χ4v) is 4.31. The van der Waals surface area contributed by atoms with E-state index in [1.807, 2.05) is 16.7 Å². The molecule has 1 saturated heterocycles. The molecule has 26 heavy (non-hydrogen) atoms. The Balaban J connectivity index is 1.47. The van der Waals surface area contributed by atoms with E-state index >= 15 is 0 Å². The summed E-state index contributed by atoms with van der Waals surface area (Å²) in [6.45, 7) is 2.88. The van der Waals surface area contributed by atoms with Crippen LogP contribution in [0.1, 0.15) is 29.7 Å². The number of piperidine rings is 1. The summed E-state index contributed by atoms with van der Waals surface area (Å²) >= 11 is 0. The van der Waals surface area contributed by atoms with Crippen LogP contribution in [-0.4, -0.2) is 39.1 Å². The van der Waals surface area contributed by atoms with Crippen LogP contribution in [0.15, 0.2) is 47.3 Å². The topological polar surface area (TPSA) is 88.6 Å². The van der Waals surface area contributed by atoms with Crippen molar-refractivity contribution in [3.8, 4) is 0 Å². The second-order valence-electron chi connectivity index (χ2n) is 7.28. The summed E-state index contributed by atoms with van der Waals surface area (Å²) in [6, 6.07) is 11.5. The quantitative estimate of drug-likeness (QED) is 0.668. The monoisotopic (exact) mass is 355 g/mol. The highest BCUT2D eigenvalue weighted by atomic mass is 16.6. The second-order valence-corrected chi connectivity index (χ2v) is 7.28. The minimum absolute atomic E-state index is 0.0236. The van der Waals surface area contributed by atoms with Crippen molar-refractivity contribution in [3.63, 3.8) is 0 Å². The molecule has 1 N–H and O–H groups in total. The highest BCUT2D eigenvalue weighted by Gasteiger charge is 2.35. The molecule has 2 unspecified atom stereocenters. The SMILES string of the molecule is O=c1cccc2n1C[C@@H]1CC2CN(CC(O)c2ccc([N+](=O)[O-])cc2)C1. The highest BCUT2D eigenvalue weighted by molar-refractivity contribution is 5.33. The van der Waals surface area contributed by atoms with Crippen LogP contribution in [-0.2, 0) is 6.54 Å². The van der Waals surface area contributed by atoms with Crippen molar-refractivity contribution < 1.29 is 10.0 Å². The Morgan fingerprint density at radius 3 is 2.65 bits per heavy atom. The van der Waals surface area contributed by atoms with Crippen molar-refractivity contribution in [1.82, 2.24) is 9.47 Å². The van der Waals surface area contributed by atoms with Crippen LogP contribution >= 0.6 is 0 Å². The first-order valence-electron chi connectivity index (χ1n) is 8.86. The number of pyridine rings is 1. The molecule has 7 heteroatoms. The van der Waals surface area contributed by atoms with Crippen LogP contribution in [0, 0.1) is 16.0 Å². The van der Waals surface area contributed by atoms with Gasteiger partial charge in [-0.25, -0.2) is 0 Å². The molecule has 2 aliphatic rings. The first-order valence-corrected chi connectivity index (χ1v) is 8.86. The average Bonchev–Trinajstić information content (AvgIpc) is 2.62. The Morgan fingerprint density at radius 2 is 1.92 bits per heavy atom. The molecular weight excluding hydrogens is 334 g/mol. The van der Waals surface area contributed by atoms with Gasteiger partial charge in [-0.15, -0.1) is 0 Å². The van der Waals surface area contributed by atoms with Gasteiger partial charge in [0.1, 0.15) is 0 Å². The Morgan fingerprint density at radius 1 is 1.15 bits per heavy atom. The van der Waals surface area contributed by atoms with Gasteiger partial charge in [0.25, 0.3) is 11.2 Å². The fourth-order valence-electron chi connectivity index (χ4n) is 4.31. The third-order valence-corrected chi connectivity index (χ3v) is 5.48. The maximum absolute atomic E-state index is 12.1. The Labute approximate surface area is 150 Å². The number of aliphatic hydroxyl groups is 1. The predicted molar refractivity (Wildman–Crippen MR) is 96.0 cm³/mol. The van der Waals surface area contributed by atoms with Gasteiger partial charge in [-0.1, -0.05) is 6.07 Å². The van der Waals surface area contributed by atoms with Gasteiger partial charge in [-0.3, -0.25) is 19.8 Å². The number of aliphatic hydroxyl groups excluding tert-OH is 1. The molecule has 2 aliphatic heterocycles. The number of aromatic nitrogens is 1. The molecule has 136 valence electrons. The molecule has 1 fully saturated rings. The van der Waals surface area contributed by atoms with E-state index in [2.05, 4.69) is 4.90 Å². The van der Waals surface area contributed by atoms with Crippen LogP contribution < -0.4 is 5.56 Å². The van der Waals surface area contributed by atoms with E-state index in [1.54, 1.807) is 18.2 Å². The zero-order valence-corrected chi connectivity index (χ0v) is 14.3. The summed E-state index contributed by atoms with van der Waals surface area (Å²) < 4.78 is 1.89. The summed E-state index contributed by atoms with van der Waals surface area (Å²) in [5.74, 6) is 0.714. The van der Waals surface area contributed by atoms with E-state index in [1.165, 1.54) is 12.1 Å². The zero-order valence-electron chi connectivity index (χ0n) is 14.3. The molecule has 3 heterocycles. The maximum Gasteiger partial charge on any atom is 0.269 e. The highest BCUT2D eigenvalue weighted by Crippen LogP contribution is 2.35. The number of β-amino-alcohol motifs (C(OH)–C–C–N with tert-alkyl or cyclic N) is 1. The lowest BCUT2D eigenvalue weighted by Gasteiger charge is -2.43. The molecule has 0 saturated carbocycles. The number of fused-ring (bicyclic) bond motifs is 4. The number of benzene rings is 1. The summed E-state index contributed by atoms with van der Waals surface area (Å²) in [6.07, 6.45) is 0.390. The Kier molecular flexibility index (Phi) is 4.34. The lowest BCUT2D eigenvalue weighted by atomic mass is 9.83. The van der Waals surface area contributed by atoms with Gasteiger partial charge < -0.3 is 9.67 Å². The van der Waals surface area contributed by atoms with E-state index in [0.717, 1.165) is 31.7 Å². The van der Waals surface area contributed by atoms with Crippen molar-refractivity contribution in [2.75, 3.05) is 19.6 Å². The number of hydrogen-bond donors (Lipinski definition) is 1. The van der Waals surface area contributed by atoms with Gasteiger partial charge in [0.2, 0.25) is 0 Å². The molecule has 1 aromatic carbocycles. The molecule has 0 aliphatic carbocycles. The summed E-state index contributed by atoms with van der Waals surface area (Å²) in [4.78, 5) is 24.6. The van der Waals surface area contributed by atoms with E-state index in [0.29, 0.717) is 23.9 Å². The minimum atomic E-state index is -0.687. The van der Waals surface area contributed by atoms with Gasteiger partial charge in [0.05, 0.1) is 11.0 Å². The maximum atomic E-state index is 12.1. The molecule has 4 rings (SSSR count). The third-order valence-electron chi connectivity index (χ3n) is 5.48. The summed E-state index contributed by atoms with van der Waals surface area (Å²) in [5, 5.41) is 21.3. The average molecular weight is 355 g/mol. The van der Waals surface area contributed by atoms with Crippen LogP contribution in [0.4, 0.5) is 5.69 Å².